The maximum Gasteiger partial charge on any atom is 0.279 e. The summed E-state index contributed by atoms with van der Waals surface area (Å²) in [5, 5.41) is 25.5. The molecule has 28 heavy (non-hydrogen) atoms. The largest absolute Gasteiger partial charge is 0.505 e. The highest BCUT2D eigenvalue weighted by atomic mass is 16.6. The minimum absolute atomic E-state index is 0.0948. The summed E-state index contributed by atoms with van der Waals surface area (Å²) >= 11 is 0. The van der Waals surface area contributed by atoms with Crippen LogP contribution in [0.4, 0.5) is 5.69 Å². The van der Waals surface area contributed by atoms with E-state index in [-0.39, 0.29) is 40.2 Å². The Morgan fingerprint density at radius 3 is 2.71 bits per heavy atom. The van der Waals surface area contributed by atoms with Crippen LogP contribution >= 0.6 is 0 Å². The molecule has 3 aromatic rings. The molecular formula is C20H19N3O5. The molecule has 0 spiro atoms. The van der Waals surface area contributed by atoms with Crippen LogP contribution in [0.3, 0.4) is 0 Å². The summed E-state index contributed by atoms with van der Waals surface area (Å²) in [7, 11) is 1.49. The molecule has 0 bridgehead atoms. The molecule has 0 aliphatic rings. The molecule has 8 heteroatoms. The zero-order chi connectivity index (χ0) is 20.3. The minimum Gasteiger partial charge on any atom is -0.505 e. The fourth-order valence-electron chi connectivity index (χ4n) is 3.09. The molecule has 0 aliphatic carbocycles. The van der Waals surface area contributed by atoms with Crippen molar-refractivity contribution in [3.8, 4) is 11.5 Å². The van der Waals surface area contributed by atoms with Gasteiger partial charge in [0.15, 0.2) is 0 Å². The van der Waals surface area contributed by atoms with E-state index in [1.165, 1.54) is 25.4 Å². The fraction of sp³-hybridized carbons (Fsp3) is 0.200. The number of pyridine rings is 1. The van der Waals surface area contributed by atoms with Crippen LogP contribution in [0.15, 0.2) is 48.7 Å². The lowest BCUT2D eigenvalue weighted by atomic mass is 9.94. The Morgan fingerprint density at radius 2 is 2.04 bits per heavy atom. The lowest BCUT2D eigenvalue weighted by molar-refractivity contribution is -0.383. The number of benzene rings is 2. The van der Waals surface area contributed by atoms with Crippen LogP contribution in [-0.2, 0) is 4.79 Å². The van der Waals surface area contributed by atoms with Gasteiger partial charge in [-0.15, -0.1) is 0 Å². The Labute approximate surface area is 160 Å². The summed E-state index contributed by atoms with van der Waals surface area (Å²) in [4.78, 5) is 27.4. The lowest BCUT2D eigenvalue weighted by Crippen LogP contribution is -2.29. The van der Waals surface area contributed by atoms with Gasteiger partial charge in [-0.2, -0.15) is 0 Å². The Bertz CT molecular complexity index is 1050. The van der Waals surface area contributed by atoms with Crippen molar-refractivity contribution in [2.24, 2.45) is 0 Å². The molecule has 2 aromatic carbocycles. The van der Waals surface area contributed by atoms with Crippen LogP contribution in [0.5, 0.6) is 11.5 Å². The second kappa shape index (κ2) is 7.91. The fourth-order valence-corrected chi connectivity index (χ4v) is 3.09. The number of phenolic OH excluding ortho intramolecular Hbond substituents is 1. The highest BCUT2D eigenvalue weighted by molar-refractivity contribution is 5.94. The van der Waals surface area contributed by atoms with E-state index in [1.807, 2.05) is 0 Å². The Balaban J connectivity index is 2.31. The van der Waals surface area contributed by atoms with Crippen LogP contribution in [0.25, 0.3) is 10.9 Å². The molecule has 0 saturated heterocycles. The zero-order valence-corrected chi connectivity index (χ0v) is 15.4. The van der Waals surface area contributed by atoms with E-state index in [2.05, 4.69) is 10.3 Å². The average Bonchev–Trinajstić information content (AvgIpc) is 2.72. The summed E-state index contributed by atoms with van der Waals surface area (Å²) in [6.07, 6.45) is 1.65. The van der Waals surface area contributed by atoms with Gasteiger partial charge in [-0.3, -0.25) is 19.9 Å². The average molecular weight is 381 g/mol. The first kappa shape index (κ1) is 19.1. The van der Waals surface area contributed by atoms with Gasteiger partial charge in [0.1, 0.15) is 17.0 Å². The van der Waals surface area contributed by atoms with E-state index in [0.717, 1.165) is 0 Å². The van der Waals surface area contributed by atoms with E-state index in [4.69, 9.17) is 4.74 Å². The number of ether oxygens (including phenoxy) is 1. The van der Waals surface area contributed by atoms with Gasteiger partial charge >= 0.3 is 0 Å². The van der Waals surface area contributed by atoms with Gasteiger partial charge in [-0.05, 0) is 18.2 Å². The van der Waals surface area contributed by atoms with Gasteiger partial charge < -0.3 is 15.2 Å². The number of carbonyl (C=O) groups excluding carboxylic acids is 1. The highest BCUT2D eigenvalue weighted by Gasteiger charge is 2.28. The summed E-state index contributed by atoms with van der Waals surface area (Å²) < 4.78 is 5.39. The van der Waals surface area contributed by atoms with E-state index < -0.39 is 11.0 Å². The van der Waals surface area contributed by atoms with Crippen molar-refractivity contribution in [1.82, 2.24) is 10.3 Å². The summed E-state index contributed by atoms with van der Waals surface area (Å²) in [6, 6.07) is 10.5. The zero-order valence-electron chi connectivity index (χ0n) is 15.4. The first-order valence-electron chi connectivity index (χ1n) is 8.65. The maximum absolute atomic E-state index is 12.2. The van der Waals surface area contributed by atoms with E-state index in [9.17, 15) is 20.0 Å². The van der Waals surface area contributed by atoms with E-state index in [1.54, 1.807) is 37.3 Å². The van der Waals surface area contributed by atoms with Crippen molar-refractivity contribution in [2.75, 3.05) is 7.11 Å². The molecule has 1 heterocycles. The predicted molar refractivity (Wildman–Crippen MR) is 103 cm³/mol. The third-order valence-corrected chi connectivity index (χ3v) is 4.46. The minimum atomic E-state index is -0.853. The number of amides is 1. The molecule has 1 aromatic heterocycles. The van der Waals surface area contributed by atoms with Crippen molar-refractivity contribution in [1.29, 1.82) is 0 Å². The van der Waals surface area contributed by atoms with Gasteiger partial charge in [0.2, 0.25) is 5.91 Å². The Morgan fingerprint density at radius 1 is 1.29 bits per heavy atom. The van der Waals surface area contributed by atoms with Gasteiger partial charge in [0, 0.05) is 29.8 Å². The molecule has 0 aliphatic heterocycles. The monoisotopic (exact) mass is 381 g/mol. The smallest absolute Gasteiger partial charge is 0.279 e. The van der Waals surface area contributed by atoms with Crippen LogP contribution in [-0.4, -0.2) is 28.0 Å². The van der Waals surface area contributed by atoms with E-state index >= 15 is 0 Å². The number of aromatic nitrogens is 1. The number of non-ortho nitro benzene ring substituents is 1. The number of aromatic hydroxyl groups is 1. The SMILES string of the molecule is CCC(=O)N[C@H](c1ccccc1OC)c1cc([N+](=O)[O-])c2cccnc2c1O. The molecule has 8 nitrogen and oxygen atoms in total. The normalized spacial score (nSPS) is 11.8. The molecule has 1 amide bonds. The van der Waals surface area contributed by atoms with Crippen LogP contribution in [0, 0.1) is 10.1 Å². The number of phenols is 1. The molecule has 1 atom stereocenters. The first-order chi connectivity index (χ1) is 13.5. The molecule has 0 unspecified atom stereocenters. The van der Waals surface area contributed by atoms with Gasteiger partial charge in [0.25, 0.3) is 5.69 Å². The van der Waals surface area contributed by atoms with Gasteiger partial charge in [-0.1, -0.05) is 25.1 Å². The number of nitro benzene ring substituents is 1. The summed E-state index contributed by atoms with van der Waals surface area (Å²) in [5.74, 6) is -0.0281. The number of rotatable bonds is 6. The van der Waals surface area contributed by atoms with Gasteiger partial charge in [0.05, 0.1) is 23.5 Å². The second-order valence-corrected chi connectivity index (χ2v) is 6.09. The number of hydrogen-bond acceptors (Lipinski definition) is 6. The standard InChI is InChI=1S/C20H19N3O5/c1-3-17(24)22-18(13-7-4-5-9-16(13)28-2)14-11-15(23(26)27)12-8-6-10-21-19(12)20(14)25/h4-11,18,25H,3H2,1-2H3,(H,22,24)/t18-/m1/s1. The summed E-state index contributed by atoms with van der Waals surface area (Å²) in [6.45, 7) is 1.69. The van der Waals surface area contributed by atoms with Crippen LogP contribution in [0.1, 0.15) is 30.5 Å². The summed E-state index contributed by atoms with van der Waals surface area (Å²) in [5.41, 5.74) is 0.620. The number of hydrogen-bond donors (Lipinski definition) is 2. The van der Waals surface area contributed by atoms with Crippen LogP contribution < -0.4 is 10.1 Å². The third kappa shape index (κ3) is 3.44. The van der Waals surface area contributed by atoms with Crippen LogP contribution in [0.2, 0.25) is 0 Å². The molecule has 3 rings (SSSR count). The Kier molecular flexibility index (Phi) is 5.39. The molecule has 0 radical (unpaired) electrons. The number of nitro groups is 1. The number of nitrogens with zero attached hydrogens (tertiary/aromatic N) is 2. The molecular weight excluding hydrogens is 362 g/mol. The topological polar surface area (TPSA) is 115 Å². The number of carbonyl (C=O) groups is 1. The molecule has 0 fully saturated rings. The van der Waals surface area contributed by atoms with E-state index in [0.29, 0.717) is 11.3 Å². The first-order valence-corrected chi connectivity index (χ1v) is 8.65. The Hall–Kier alpha value is -3.68. The van der Waals surface area contributed by atoms with Crippen molar-refractivity contribution in [2.45, 2.75) is 19.4 Å². The predicted octanol–water partition coefficient (Wildman–Crippen LogP) is 3.47. The third-order valence-electron chi connectivity index (χ3n) is 4.46. The molecule has 0 saturated carbocycles. The number of nitrogens with one attached hydrogen (secondary N) is 1. The van der Waals surface area contributed by atoms with Crippen molar-refractivity contribution < 1.29 is 19.6 Å². The van der Waals surface area contributed by atoms with Gasteiger partial charge in [-0.25, -0.2) is 0 Å². The number of para-hydroxylation sites is 1. The molecule has 144 valence electrons. The molecule has 2 N–H and O–H groups in total. The van der Waals surface area contributed by atoms with Crippen molar-refractivity contribution >= 4 is 22.5 Å². The van der Waals surface area contributed by atoms with Crippen molar-refractivity contribution in [3.63, 3.8) is 0 Å². The number of fused-ring (bicyclic) bond motifs is 1. The quantitative estimate of drug-likeness (QED) is 0.499. The van der Waals surface area contributed by atoms with Crippen molar-refractivity contribution in [3.05, 3.63) is 69.9 Å². The highest BCUT2D eigenvalue weighted by Crippen LogP contribution is 2.41. The second-order valence-electron chi connectivity index (χ2n) is 6.09. The maximum atomic E-state index is 12.2. The lowest BCUT2D eigenvalue weighted by Gasteiger charge is -2.23. The number of methoxy groups -OCH3 is 1.